The zero-order chi connectivity index (χ0) is 29.5. The number of ether oxygens (including phenoxy) is 2. The van der Waals surface area contributed by atoms with Crippen LogP contribution in [0.15, 0.2) is 47.8 Å². The number of piperidine rings is 1. The first-order chi connectivity index (χ1) is 19.7. The third-order valence-electron chi connectivity index (χ3n) is 7.05. The molecular formula is C28H34F2N6O5. The molecule has 3 heterocycles. The number of carbonyl (C=O) groups excluding carboxylic acids is 3. The summed E-state index contributed by atoms with van der Waals surface area (Å²) in [4.78, 5) is 46.6. The second-order valence-electron chi connectivity index (χ2n) is 9.83. The summed E-state index contributed by atoms with van der Waals surface area (Å²) in [6.07, 6.45) is 3.64. The molecule has 1 aromatic heterocycles. The zero-order valence-electron chi connectivity index (χ0n) is 23.2. The number of nitrogens with one attached hydrogen (secondary N) is 3. The number of benzene rings is 1. The van der Waals surface area contributed by atoms with Crippen LogP contribution in [0, 0.1) is 18.6 Å². The van der Waals surface area contributed by atoms with E-state index in [1.807, 2.05) is 25.3 Å². The van der Waals surface area contributed by atoms with Crippen LogP contribution < -0.4 is 20.9 Å². The molecule has 41 heavy (non-hydrogen) atoms. The maximum atomic E-state index is 14.2. The summed E-state index contributed by atoms with van der Waals surface area (Å²) >= 11 is 0. The van der Waals surface area contributed by atoms with E-state index >= 15 is 0 Å². The summed E-state index contributed by atoms with van der Waals surface area (Å²) in [5.41, 5.74) is 1.04. The van der Waals surface area contributed by atoms with Gasteiger partial charge < -0.3 is 30.3 Å². The first-order valence-corrected chi connectivity index (χ1v) is 13.3. The fraction of sp³-hybridized carbons (Fsp3) is 0.429. The number of carbonyl (C=O) groups is 3. The van der Waals surface area contributed by atoms with Crippen LogP contribution in [0.2, 0.25) is 0 Å². The van der Waals surface area contributed by atoms with Gasteiger partial charge in [-0.2, -0.15) is 0 Å². The van der Waals surface area contributed by atoms with Gasteiger partial charge in [-0.3, -0.25) is 0 Å². The molecule has 0 bridgehead atoms. The molecule has 2 aliphatic heterocycles. The van der Waals surface area contributed by atoms with E-state index in [-0.39, 0.29) is 36.0 Å². The number of methoxy groups -OCH3 is 2. The van der Waals surface area contributed by atoms with E-state index in [2.05, 4.69) is 25.8 Å². The van der Waals surface area contributed by atoms with E-state index in [4.69, 9.17) is 9.47 Å². The molecule has 0 aliphatic carbocycles. The van der Waals surface area contributed by atoms with Gasteiger partial charge in [-0.15, -0.1) is 0 Å². The van der Waals surface area contributed by atoms with Crippen molar-refractivity contribution in [3.05, 3.63) is 70.6 Å². The van der Waals surface area contributed by atoms with Crippen LogP contribution in [-0.2, 0) is 14.3 Å². The lowest BCUT2D eigenvalue weighted by molar-refractivity contribution is -0.137. The topological polar surface area (TPSA) is 125 Å². The van der Waals surface area contributed by atoms with Crippen LogP contribution in [0.4, 0.5) is 24.2 Å². The van der Waals surface area contributed by atoms with Crippen molar-refractivity contribution in [2.24, 2.45) is 0 Å². The van der Waals surface area contributed by atoms with Gasteiger partial charge in [0.25, 0.3) is 0 Å². The highest BCUT2D eigenvalue weighted by Gasteiger charge is 2.43. The van der Waals surface area contributed by atoms with Gasteiger partial charge in [0.1, 0.15) is 11.9 Å². The Balaban J connectivity index is 1.41. The minimum absolute atomic E-state index is 0.0101. The normalized spacial score (nSPS) is 17.9. The number of pyridine rings is 1. The number of hydrogen-bond donors (Lipinski definition) is 3. The third-order valence-corrected chi connectivity index (χ3v) is 7.05. The molecule has 4 amide bonds. The Morgan fingerprint density at radius 2 is 1.85 bits per heavy atom. The van der Waals surface area contributed by atoms with Crippen LogP contribution in [0.5, 0.6) is 0 Å². The van der Waals surface area contributed by atoms with E-state index in [0.29, 0.717) is 6.54 Å². The highest BCUT2D eigenvalue weighted by Crippen LogP contribution is 2.35. The van der Waals surface area contributed by atoms with Gasteiger partial charge in [0.15, 0.2) is 11.6 Å². The molecule has 1 aromatic carbocycles. The Kier molecular flexibility index (Phi) is 9.84. The number of amides is 4. The van der Waals surface area contributed by atoms with Crippen LogP contribution in [-0.4, -0.2) is 81.0 Å². The van der Waals surface area contributed by atoms with Crippen LogP contribution >= 0.6 is 0 Å². The number of hydrogen-bond acceptors (Lipinski definition) is 8. The molecule has 1 unspecified atom stereocenters. The Morgan fingerprint density at radius 3 is 2.49 bits per heavy atom. The summed E-state index contributed by atoms with van der Waals surface area (Å²) in [6.45, 7) is 4.11. The summed E-state index contributed by atoms with van der Waals surface area (Å²) in [5, 5.41) is 8.59. The van der Waals surface area contributed by atoms with Gasteiger partial charge in [0, 0.05) is 45.5 Å². The number of halogens is 2. The molecule has 2 aliphatic rings. The molecule has 0 spiro atoms. The van der Waals surface area contributed by atoms with Crippen molar-refractivity contribution in [2.45, 2.75) is 31.8 Å². The molecule has 3 N–H and O–H groups in total. The highest BCUT2D eigenvalue weighted by atomic mass is 19.2. The number of aromatic nitrogens is 1. The second kappa shape index (κ2) is 13.5. The van der Waals surface area contributed by atoms with Crippen molar-refractivity contribution in [3.63, 3.8) is 0 Å². The van der Waals surface area contributed by atoms with E-state index in [0.717, 1.165) is 61.5 Å². The lowest BCUT2D eigenvalue weighted by Crippen LogP contribution is -2.56. The van der Waals surface area contributed by atoms with Crippen molar-refractivity contribution in [3.8, 4) is 0 Å². The van der Waals surface area contributed by atoms with Crippen LogP contribution in [0.3, 0.4) is 0 Å². The lowest BCUT2D eigenvalue weighted by Gasteiger charge is -2.36. The van der Waals surface area contributed by atoms with E-state index < -0.39 is 35.7 Å². The molecule has 220 valence electrons. The number of imide groups is 1. The average Bonchev–Trinajstić information content (AvgIpc) is 2.97. The summed E-state index contributed by atoms with van der Waals surface area (Å²) in [6, 6.07) is 4.14. The Bertz CT molecular complexity index is 1300. The zero-order valence-corrected chi connectivity index (χ0v) is 23.2. The smallest absolute Gasteiger partial charge is 0.338 e. The summed E-state index contributed by atoms with van der Waals surface area (Å²) in [7, 11) is 2.49. The number of nitrogens with zero attached hydrogens (tertiary/aromatic N) is 3. The average molecular weight is 573 g/mol. The van der Waals surface area contributed by atoms with Crippen LogP contribution in [0.25, 0.3) is 0 Å². The maximum absolute atomic E-state index is 14.2. The quantitative estimate of drug-likeness (QED) is 0.310. The molecule has 0 saturated carbocycles. The van der Waals surface area contributed by atoms with Crippen molar-refractivity contribution in [2.75, 3.05) is 51.9 Å². The van der Waals surface area contributed by atoms with Gasteiger partial charge in [-0.05, 0) is 49.1 Å². The van der Waals surface area contributed by atoms with Crippen molar-refractivity contribution in [1.82, 2.24) is 25.8 Å². The number of urea groups is 2. The number of anilines is 1. The van der Waals surface area contributed by atoms with Crippen molar-refractivity contribution >= 4 is 23.8 Å². The molecular weight excluding hydrogens is 538 g/mol. The first-order valence-electron chi connectivity index (χ1n) is 13.3. The molecule has 1 fully saturated rings. The second-order valence-corrected chi connectivity index (χ2v) is 9.83. The van der Waals surface area contributed by atoms with E-state index in [1.165, 1.54) is 13.2 Å². The predicted octanol–water partition coefficient (Wildman–Crippen LogP) is 2.78. The minimum Gasteiger partial charge on any atom is -0.466 e. The van der Waals surface area contributed by atoms with Crippen LogP contribution in [0.1, 0.15) is 30.0 Å². The van der Waals surface area contributed by atoms with Gasteiger partial charge in [0.05, 0.1) is 25.0 Å². The molecule has 2 aromatic rings. The third kappa shape index (κ3) is 6.98. The van der Waals surface area contributed by atoms with Crippen molar-refractivity contribution in [1.29, 1.82) is 0 Å². The molecule has 13 heteroatoms. The van der Waals surface area contributed by atoms with Gasteiger partial charge in [0.2, 0.25) is 0 Å². The molecule has 1 saturated heterocycles. The van der Waals surface area contributed by atoms with Gasteiger partial charge >= 0.3 is 18.0 Å². The number of rotatable bonds is 9. The lowest BCUT2D eigenvalue weighted by atomic mass is 9.93. The highest BCUT2D eigenvalue weighted by molar-refractivity contribution is 6.01. The van der Waals surface area contributed by atoms with Crippen molar-refractivity contribution < 1.29 is 32.6 Å². The van der Waals surface area contributed by atoms with Gasteiger partial charge in [-0.25, -0.2) is 33.0 Å². The largest absolute Gasteiger partial charge is 0.466 e. The maximum Gasteiger partial charge on any atom is 0.338 e. The Morgan fingerprint density at radius 1 is 1.10 bits per heavy atom. The molecule has 0 radical (unpaired) electrons. The monoisotopic (exact) mass is 572 g/mol. The number of esters is 1. The van der Waals surface area contributed by atoms with E-state index in [1.54, 1.807) is 0 Å². The predicted molar refractivity (Wildman–Crippen MR) is 146 cm³/mol. The Labute approximate surface area is 236 Å². The fourth-order valence-corrected chi connectivity index (χ4v) is 4.97. The molecule has 4 rings (SSSR count). The number of aryl methyl sites for hydroxylation is 1. The molecule has 11 nitrogen and oxygen atoms in total. The minimum atomic E-state index is -1.39. The fourth-order valence-electron chi connectivity index (χ4n) is 4.97. The standard InChI is InChI=1S/C28H34F2N6O5/c1-17-4-7-23(33-15-17)35-12-8-19(9-13-35)31-10-11-32-27(38)36-25(18-5-6-20(29)21(30)14-18)24(26(37)41-3)22(16-40-2)34-28(36)39/h4-7,14-15,19,25,31H,8-13,16H2,1-3H3,(H,32,38)(H,34,39). The first kappa shape index (κ1) is 29.9. The molecule has 1 atom stereocenters. The van der Waals surface area contributed by atoms with Gasteiger partial charge in [-0.1, -0.05) is 12.1 Å². The summed E-state index contributed by atoms with van der Waals surface area (Å²) in [5.74, 6) is -2.22. The Hall–Kier alpha value is -4.10. The SMILES string of the molecule is COCC1=C(C(=O)OC)C(c2ccc(F)c(F)c2)N(C(=O)NCCNC2CCN(c3ccc(C)cn3)CC2)C(=O)N1. The van der Waals surface area contributed by atoms with E-state index in [9.17, 15) is 23.2 Å². The summed E-state index contributed by atoms with van der Waals surface area (Å²) < 4.78 is 37.9.